The first-order valence-electron chi connectivity index (χ1n) is 10.3. The summed E-state index contributed by atoms with van der Waals surface area (Å²) >= 11 is 0. The van der Waals surface area contributed by atoms with Crippen molar-refractivity contribution in [3.8, 4) is 0 Å². The highest BCUT2D eigenvalue weighted by Gasteiger charge is 2.22. The summed E-state index contributed by atoms with van der Waals surface area (Å²) in [5.74, 6) is 2.44. The second-order valence-corrected chi connectivity index (χ2v) is 8.18. The SMILES string of the molecule is Cc1ccc(CCC(=O)N2CCN(c3cc(C)nc(C(C)C)n3)CC2)c(C)c1. The molecule has 2 heterocycles. The fraction of sp³-hybridized carbons (Fsp3) is 0.522. The first kappa shape index (κ1) is 20.3. The molecule has 0 atom stereocenters. The number of aromatic nitrogens is 2. The van der Waals surface area contributed by atoms with Crippen molar-refractivity contribution in [2.24, 2.45) is 0 Å². The number of anilines is 1. The Morgan fingerprint density at radius 1 is 1.04 bits per heavy atom. The van der Waals surface area contributed by atoms with Gasteiger partial charge in [0.15, 0.2) is 0 Å². The van der Waals surface area contributed by atoms with E-state index in [0.29, 0.717) is 12.3 Å². The topological polar surface area (TPSA) is 49.3 Å². The first-order valence-corrected chi connectivity index (χ1v) is 10.3. The summed E-state index contributed by atoms with van der Waals surface area (Å²) in [5.41, 5.74) is 4.82. The van der Waals surface area contributed by atoms with Gasteiger partial charge in [-0.05, 0) is 38.3 Å². The Labute approximate surface area is 168 Å². The van der Waals surface area contributed by atoms with E-state index in [9.17, 15) is 4.79 Å². The molecule has 1 fully saturated rings. The molecule has 1 saturated heterocycles. The average molecular weight is 381 g/mol. The summed E-state index contributed by atoms with van der Waals surface area (Å²) in [4.78, 5) is 26.2. The van der Waals surface area contributed by atoms with Gasteiger partial charge in [0, 0.05) is 50.3 Å². The second-order valence-electron chi connectivity index (χ2n) is 8.18. The minimum Gasteiger partial charge on any atom is -0.353 e. The van der Waals surface area contributed by atoms with Crippen molar-refractivity contribution < 1.29 is 4.79 Å². The summed E-state index contributed by atoms with van der Waals surface area (Å²) in [6.45, 7) is 13.6. The van der Waals surface area contributed by atoms with Crippen LogP contribution in [-0.4, -0.2) is 47.0 Å². The standard InChI is InChI=1S/C23H32N4O/c1-16(2)23-24-19(5)15-21(25-23)26-10-12-27(13-11-26)22(28)9-8-20-7-6-17(3)14-18(20)4/h6-7,14-16H,8-13H2,1-5H3. The molecule has 0 unspecified atom stereocenters. The van der Waals surface area contributed by atoms with Crippen molar-refractivity contribution in [2.45, 2.75) is 53.4 Å². The van der Waals surface area contributed by atoms with Crippen molar-refractivity contribution in [1.82, 2.24) is 14.9 Å². The lowest BCUT2D eigenvalue weighted by molar-refractivity contribution is -0.131. The number of nitrogens with zero attached hydrogens (tertiary/aromatic N) is 4. The average Bonchev–Trinajstić information content (AvgIpc) is 2.66. The highest BCUT2D eigenvalue weighted by molar-refractivity contribution is 5.76. The Morgan fingerprint density at radius 3 is 2.39 bits per heavy atom. The predicted octanol–water partition coefficient (Wildman–Crippen LogP) is 3.81. The smallest absolute Gasteiger partial charge is 0.223 e. The minimum absolute atomic E-state index is 0.251. The van der Waals surface area contributed by atoms with E-state index >= 15 is 0 Å². The number of benzene rings is 1. The fourth-order valence-corrected chi connectivity index (χ4v) is 3.71. The molecule has 28 heavy (non-hydrogen) atoms. The zero-order valence-corrected chi connectivity index (χ0v) is 17.8. The molecule has 0 N–H and O–H groups in total. The quantitative estimate of drug-likeness (QED) is 0.791. The van der Waals surface area contributed by atoms with Crippen LogP contribution in [-0.2, 0) is 11.2 Å². The summed E-state index contributed by atoms with van der Waals surface area (Å²) in [5, 5.41) is 0. The van der Waals surface area contributed by atoms with E-state index in [2.05, 4.69) is 55.8 Å². The second kappa shape index (κ2) is 8.72. The van der Waals surface area contributed by atoms with E-state index in [1.54, 1.807) is 0 Å². The first-order chi connectivity index (χ1) is 13.3. The van der Waals surface area contributed by atoms with Crippen LogP contribution in [0.4, 0.5) is 5.82 Å². The number of carbonyl (C=O) groups is 1. The third-order valence-corrected chi connectivity index (χ3v) is 5.44. The molecule has 0 spiro atoms. The molecule has 5 nitrogen and oxygen atoms in total. The molecule has 150 valence electrons. The van der Waals surface area contributed by atoms with Crippen molar-refractivity contribution in [3.63, 3.8) is 0 Å². The van der Waals surface area contributed by atoms with Crippen LogP contribution in [0.2, 0.25) is 0 Å². The van der Waals surface area contributed by atoms with Crippen LogP contribution in [0.5, 0.6) is 0 Å². The van der Waals surface area contributed by atoms with E-state index in [-0.39, 0.29) is 5.91 Å². The molecule has 0 saturated carbocycles. The molecule has 1 aromatic heterocycles. The maximum Gasteiger partial charge on any atom is 0.223 e. The van der Waals surface area contributed by atoms with Gasteiger partial charge in [-0.2, -0.15) is 0 Å². The maximum absolute atomic E-state index is 12.7. The van der Waals surface area contributed by atoms with E-state index in [1.807, 2.05) is 17.9 Å². The van der Waals surface area contributed by atoms with Crippen molar-refractivity contribution >= 4 is 11.7 Å². The van der Waals surface area contributed by atoms with Crippen LogP contribution in [0.25, 0.3) is 0 Å². The van der Waals surface area contributed by atoms with E-state index < -0.39 is 0 Å². The zero-order chi connectivity index (χ0) is 20.3. The number of carbonyl (C=O) groups excluding carboxylic acids is 1. The van der Waals surface area contributed by atoms with Crippen LogP contribution in [0, 0.1) is 20.8 Å². The maximum atomic E-state index is 12.7. The van der Waals surface area contributed by atoms with E-state index in [1.165, 1.54) is 16.7 Å². The fourth-order valence-electron chi connectivity index (χ4n) is 3.71. The third kappa shape index (κ3) is 4.89. The lowest BCUT2D eigenvalue weighted by Crippen LogP contribution is -2.49. The number of amides is 1. The van der Waals surface area contributed by atoms with E-state index in [4.69, 9.17) is 4.98 Å². The summed E-state index contributed by atoms with van der Waals surface area (Å²) < 4.78 is 0. The van der Waals surface area contributed by atoms with Gasteiger partial charge in [-0.15, -0.1) is 0 Å². The van der Waals surface area contributed by atoms with Crippen LogP contribution in [0.15, 0.2) is 24.3 Å². The Hall–Kier alpha value is -2.43. The van der Waals surface area contributed by atoms with Gasteiger partial charge in [0.2, 0.25) is 5.91 Å². The summed E-state index contributed by atoms with van der Waals surface area (Å²) in [6.07, 6.45) is 1.39. The van der Waals surface area contributed by atoms with Gasteiger partial charge < -0.3 is 9.80 Å². The molecular weight excluding hydrogens is 348 g/mol. The Morgan fingerprint density at radius 2 is 1.75 bits per heavy atom. The van der Waals surface area contributed by atoms with Crippen molar-refractivity contribution in [3.05, 3.63) is 52.5 Å². The number of piperazine rings is 1. The molecule has 2 aromatic rings. The molecular formula is C23H32N4O. The van der Waals surface area contributed by atoms with Crippen LogP contribution < -0.4 is 4.90 Å². The number of hydrogen-bond acceptors (Lipinski definition) is 4. The Kier molecular flexibility index (Phi) is 6.32. The van der Waals surface area contributed by atoms with Crippen molar-refractivity contribution in [1.29, 1.82) is 0 Å². The molecule has 1 aliphatic rings. The van der Waals surface area contributed by atoms with E-state index in [0.717, 1.165) is 49.9 Å². The summed E-state index contributed by atoms with van der Waals surface area (Å²) in [6, 6.07) is 8.51. The normalized spacial score (nSPS) is 14.6. The zero-order valence-electron chi connectivity index (χ0n) is 17.8. The van der Waals surface area contributed by atoms with Gasteiger partial charge in [0.1, 0.15) is 11.6 Å². The molecule has 1 aliphatic heterocycles. The summed E-state index contributed by atoms with van der Waals surface area (Å²) in [7, 11) is 0. The van der Waals surface area contributed by atoms with Gasteiger partial charge in [-0.3, -0.25) is 4.79 Å². The molecule has 0 bridgehead atoms. The number of aryl methyl sites for hydroxylation is 4. The lowest BCUT2D eigenvalue weighted by Gasteiger charge is -2.35. The molecule has 0 radical (unpaired) electrons. The third-order valence-electron chi connectivity index (χ3n) is 5.44. The van der Waals surface area contributed by atoms with Gasteiger partial charge in [-0.25, -0.2) is 9.97 Å². The molecule has 3 rings (SSSR count). The molecule has 1 amide bonds. The Balaban J connectivity index is 1.55. The Bertz CT molecular complexity index is 838. The molecule has 5 heteroatoms. The molecule has 1 aromatic carbocycles. The van der Waals surface area contributed by atoms with Gasteiger partial charge in [0.05, 0.1) is 0 Å². The van der Waals surface area contributed by atoms with Gasteiger partial charge in [-0.1, -0.05) is 37.6 Å². The van der Waals surface area contributed by atoms with Crippen LogP contribution in [0.1, 0.15) is 54.4 Å². The van der Waals surface area contributed by atoms with Crippen LogP contribution >= 0.6 is 0 Å². The number of hydrogen-bond donors (Lipinski definition) is 0. The molecule has 0 aliphatic carbocycles. The minimum atomic E-state index is 0.251. The highest BCUT2D eigenvalue weighted by atomic mass is 16.2. The lowest BCUT2D eigenvalue weighted by atomic mass is 10.0. The predicted molar refractivity (Wildman–Crippen MR) is 114 cm³/mol. The highest BCUT2D eigenvalue weighted by Crippen LogP contribution is 2.19. The van der Waals surface area contributed by atoms with Crippen LogP contribution in [0.3, 0.4) is 0 Å². The van der Waals surface area contributed by atoms with Gasteiger partial charge in [0.25, 0.3) is 0 Å². The monoisotopic (exact) mass is 380 g/mol. The largest absolute Gasteiger partial charge is 0.353 e. The number of rotatable bonds is 5. The van der Waals surface area contributed by atoms with Crippen molar-refractivity contribution in [2.75, 3.05) is 31.1 Å². The van der Waals surface area contributed by atoms with Gasteiger partial charge >= 0.3 is 0 Å².